The van der Waals surface area contributed by atoms with Crippen molar-refractivity contribution in [3.05, 3.63) is 40.1 Å². The van der Waals surface area contributed by atoms with Crippen LogP contribution in [0.4, 0.5) is 11.5 Å². The molecular formula is C16H17N7O2. The van der Waals surface area contributed by atoms with Crippen LogP contribution in [0.1, 0.15) is 49.0 Å². The van der Waals surface area contributed by atoms with Crippen molar-refractivity contribution in [3.63, 3.8) is 0 Å². The average molecular weight is 339 g/mol. The fourth-order valence-electron chi connectivity index (χ4n) is 3.50. The Kier molecular flexibility index (Phi) is 3.80. The quantitative estimate of drug-likeness (QED) is 0.619. The Morgan fingerprint density at radius 2 is 2.20 bits per heavy atom. The highest BCUT2D eigenvalue weighted by Gasteiger charge is 2.34. The van der Waals surface area contributed by atoms with Crippen LogP contribution in [0.2, 0.25) is 0 Å². The Balaban J connectivity index is 1.65. The Morgan fingerprint density at radius 1 is 1.36 bits per heavy atom. The molecule has 1 unspecified atom stereocenters. The van der Waals surface area contributed by atoms with Crippen molar-refractivity contribution < 1.29 is 4.92 Å². The lowest BCUT2D eigenvalue weighted by Crippen LogP contribution is -2.36. The normalized spacial score (nSPS) is 20.3. The van der Waals surface area contributed by atoms with Crippen LogP contribution in [0.25, 0.3) is 0 Å². The van der Waals surface area contributed by atoms with Gasteiger partial charge < -0.3 is 9.47 Å². The number of aromatic nitrogens is 4. The zero-order valence-corrected chi connectivity index (χ0v) is 13.6. The van der Waals surface area contributed by atoms with Crippen molar-refractivity contribution in [2.45, 2.75) is 37.6 Å². The fraction of sp³-hybridized carbons (Fsp3) is 0.500. The Labute approximate surface area is 144 Å². The van der Waals surface area contributed by atoms with E-state index in [9.17, 15) is 15.4 Å². The molecule has 25 heavy (non-hydrogen) atoms. The molecule has 2 aromatic rings. The molecule has 1 saturated carbocycles. The van der Waals surface area contributed by atoms with E-state index in [1.165, 1.54) is 12.3 Å². The number of piperidine rings is 1. The second-order valence-corrected chi connectivity index (χ2v) is 6.51. The molecule has 0 radical (unpaired) electrons. The summed E-state index contributed by atoms with van der Waals surface area (Å²) in [5, 5.41) is 29.0. The van der Waals surface area contributed by atoms with Gasteiger partial charge >= 0.3 is 5.69 Å². The molecule has 1 saturated heterocycles. The minimum Gasteiger partial charge on any atom is -0.350 e. The molecule has 0 spiro atoms. The molecule has 1 aliphatic carbocycles. The molecule has 3 heterocycles. The molecule has 2 fully saturated rings. The minimum absolute atomic E-state index is 0.0401. The van der Waals surface area contributed by atoms with Gasteiger partial charge in [-0.15, -0.1) is 10.2 Å². The number of nitrogens with zero attached hydrogens (tertiary/aromatic N) is 7. The number of nitro groups is 1. The molecule has 1 aliphatic heterocycles. The number of hydrogen-bond donors (Lipinski definition) is 0. The van der Waals surface area contributed by atoms with Crippen molar-refractivity contribution in [1.82, 2.24) is 19.7 Å². The van der Waals surface area contributed by atoms with E-state index in [1.807, 2.05) is 11.0 Å². The van der Waals surface area contributed by atoms with E-state index < -0.39 is 4.92 Å². The van der Waals surface area contributed by atoms with Crippen LogP contribution in [-0.2, 0) is 0 Å². The summed E-state index contributed by atoms with van der Waals surface area (Å²) >= 11 is 0. The number of hydrogen-bond acceptors (Lipinski definition) is 7. The second-order valence-electron chi connectivity index (χ2n) is 6.51. The van der Waals surface area contributed by atoms with Crippen molar-refractivity contribution >= 4 is 11.5 Å². The smallest absolute Gasteiger partial charge is 0.329 e. The van der Waals surface area contributed by atoms with Gasteiger partial charge in [0.25, 0.3) is 0 Å². The zero-order chi connectivity index (χ0) is 17.4. The van der Waals surface area contributed by atoms with Gasteiger partial charge in [0.1, 0.15) is 23.8 Å². The number of nitriles is 1. The topological polar surface area (TPSA) is 114 Å². The summed E-state index contributed by atoms with van der Waals surface area (Å²) in [6, 6.07) is 3.77. The van der Waals surface area contributed by atoms with Crippen molar-refractivity contribution in [2.75, 3.05) is 18.0 Å². The van der Waals surface area contributed by atoms with Crippen LogP contribution in [0.15, 0.2) is 18.6 Å². The first kappa shape index (κ1) is 15.5. The third kappa shape index (κ3) is 2.80. The summed E-state index contributed by atoms with van der Waals surface area (Å²) in [6.07, 6.45) is 7.39. The summed E-state index contributed by atoms with van der Waals surface area (Å²) < 4.78 is 2.14. The highest BCUT2D eigenvalue weighted by Crippen LogP contribution is 2.39. The Hall–Kier alpha value is -3.02. The lowest BCUT2D eigenvalue weighted by Gasteiger charge is -2.32. The maximum absolute atomic E-state index is 11.5. The predicted molar refractivity (Wildman–Crippen MR) is 88.1 cm³/mol. The van der Waals surface area contributed by atoms with Gasteiger partial charge in [0.2, 0.25) is 5.82 Å². The summed E-state index contributed by atoms with van der Waals surface area (Å²) in [5.41, 5.74) is -0.174. The molecule has 4 rings (SSSR count). The zero-order valence-electron chi connectivity index (χ0n) is 13.6. The maximum Gasteiger partial charge on any atom is 0.329 e. The largest absolute Gasteiger partial charge is 0.350 e. The van der Waals surface area contributed by atoms with E-state index in [2.05, 4.69) is 19.7 Å². The van der Waals surface area contributed by atoms with Crippen LogP contribution in [0.3, 0.4) is 0 Å². The monoisotopic (exact) mass is 339 g/mol. The van der Waals surface area contributed by atoms with E-state index in [0.29, 0.717) is 19.1 Å². The highest BCUT2D eigenvalue weighted by molar-refractivity contribution is 5.65. The molecule has 128 valence electrons. The van der Waals surface area contributed by atoms with Gasteiger partial charge in [-0.3, -0.25) is 10.1 Å². The van der Waals surface area contributed by atoms with Crippen LogP contribution < -0.4 is 4.90 Å². The molecule has 0 amide bonds. The highest BCUT2D eigenvalue weighted by atomic mass is 16.6. The second kappa shape index (κ2) is 6.12. The SMILES string of the molecule is N#Cc1ccnc(N2CCCC(c3nncn3C3CC3)C2)c1[N+](=O)[O-]. The number of rotatable bonds is 4. The van der Waals surface area contributed by atoms with Crippen LogP contribution >= 0.6 is 0 Å². The molecule has 1 atom stereocenters. The first-order valence-electron chi connectivity index (χ1n) is 8.37. The van der Waals surface area contributed by atoms with Crippen LogP contribution in [0.5, 0.6) is 0 Å². The van der Waals surface area contributed by atoms with Crippen molar-refractivity contribution in [1.29, 1.82) is 5.26 Å². The maximum atomic E-state index is 11.5. The molecule has 2 aromatic heterocycles. The van der Waals surface area contributed by atoms with E-state index in [4.69, 9.17) is 0 Å². The lowest BCUT2D eigenvalue weighted by molar-refractivity contribution is -0.384. The third-order valence-electron chi connectivity index (χ3n) is 4.84. The van der Waals surface area contributed by atoms with E-state index in [0.717, 1.165) is 31.5 Å². The molecule has 9 heteroatoms. The molecule has 0 N–H and O–H groups in total. The van der Waals surface area contributed by atoms with Gasteiger partial charge in [0.15, 0.2) is 0 Å². The summed E-state index contributed by atoms with van der Waals surface area (Å²) in [6.45, 7) is 1.27. The van der Waals surface area contributed by atoms with E-state index in [-0.39, 0.29) is 23.0 Å². The van der Waals surface area contributed by atoms with Crippen LogP contribution in [0, 0.1) is 21.4 Å². The lowest BCUT2D eigenvalue weighted by atomic mass is 9.96. The predicted octanol–water partition coefficient (Wildman–Crippen LogP) is 2.17. The Bertz CT molecular complexity index is 852. The molecule has 0 aromatic carbocycles. The fourth-order valence-corrected chi connectivity index (χ4v) is 3.50. The first-order valence-corrected chi connectivity index (χ1v) is 8.37. The van der Waals surface area contributed by atoms with E-state index >= 15 is 0 Å². The standard InChI is InChI=1S/C16H17N7O2/c17-8-11-5-6-18-16(14(11)23(24)25)21-7-1-2-12(9-21)15-20-19-10-22(15)13-3-4-13/h5-6,10,12-13H,1-4,7,9H2. The summed E-state index contributed by atoms with van der Waals surface area (Å²) in [4.78, 5) is 17.1. The molecule has 0 bridgehead atoms. The third-order valence-corrected chi connectivity index (χ3v) is 4.84. The van der Waals surface area contributed by atoms with Crippen LogP contribution in [-0.4, -0.2) is 37.8 Å². The molecule has 2 aliphatic rings. The average Bonchev–Trinajstić information content (AvgIpc) is 3.37. The molecular weight excluding hydrogens is 322 g/mol. The van der Waals surface area contributed by atoms with Gasteiger partial charge in [-0.25, -0.2) is 4.98 Å². The first-order chi connectivity index (χ1) is 12.2. The van der Waals surface area contributed by atoms with Crippen molar-refractivity contribution in [3.8, 4) is 6.07 Å². The van der Waals surface area contributed by atoms with Gasteiger partial charge in [0.05, 0.1) is 4.92 Å². The number of anilines is 1. The van der Waals surface area contributed by atoms with Gasteiger partial charge in [0, 0.05) is 31.2 Å². The van der Waals surface area contributed by atoms with E-state index in [1.54, 1.807) is 6.33 Å². The Morgan fingerprint density at radius 3 is 2.92 bits per heavy atom. The van der Waals surface area contributed by atoms with Gasteiger partial charge in [-0.1, -0.05) is 0 Å². The van der Waals surface area contributed by atoms with Crippen molar-refractivity contribution in [2.24, 2.45) is 0 Å². The summed E-state index contributed by atoms with van der Waals surface area (Å²) in [7, 11) is 0. The molecule has 9 nitrogen and oxygen atoms in total. The minimum atomic E-state index is -0.517. The van der Waals surface area contributed by atoms with Gasteiger partial charge in [-0.05, 0) is 31.7 Å². The van der Waals surface area contributed by atoms with Gasteiger partial charge in [-0.2, -0.15) is 5.26 Å². The number of pyridine rings is 1. The summed E-state index contributed by atoms with van der Waals surface area (Å²) in [5.74, 6) is 1.38.